The van der Waals surface area contributed by atoms with Gasteiger partial charge in [-0.15, -0.1) is 0 Å². The Labute approximate surface area is 173 Å². The largest absolute Gasteiger partial charge is 0.394 e. The second-order valence-electron chi connectivity index (χ2n) is 6.51. The van der Waals surface area contributed by atoms with Crippen molar-refractivity contribution in [2.45, 2.75) is 70.3 Å². The van der Waals surface area contributed by atoms with Crippen LogP contribution in [0.3, 0.4) is 0 Å². The van der Waals surface area contributed by atoms with Crippen LogP contribution in [0.4, 0.5) is 4.72 Å². The predicted molar refractivity (Wildman–Crippen MR) is 95.4 cm³/mol. The Balaban J connectivity index is 0. The Kier molecular flexibility index (Phi) is 15.5. The van der Waals surface area contributed by atoms with Gasteiger partial charge in [0, 0.05) is 32.7 Å². The van der Waals surface area contributed by atoms with E-state index in [-0.39, 0.29) is 45.9 Å². The van der Waals surface area contributed by atoms with Gasteiger partial charge in [-0.05, 0) is 36.8 Å². The number of rotatable bonds is 12. The van der Waals surface area contributed by atoms with Crippen molar-refractivity contribution in [2.75, 3.05) is 13.2 Å². The zero-order valence-electron chi connectivity index (χ0n) is 16.0. The average molecular weight is 418 g/mol. The van der Waals surface area contributed by atoms with Crippen LogP contribution in [0, 0.1) is 0 Å². The average Bonchev–Trinajstić information content (AvgIpc) is 2.65. The van der Waals surface area contributed by atoms with Crippen molar-refractivity contribution < 1.29 is 47.6 Å². The molecule has 0 aliphatic carbocycles. The van der Waals surface area contributed by atoms with Gasteiger partial charge >= 0.3 is 0 Å². The molecule has 3 nitrogen and oxygen atoms in total. The molecule has 24 heavy (non-hydrogen) atoms. The van der Waals surface area contributed by atoms with Gasteiger partial charge in [0.2, 0.25) is 0 Å². The molecule has 0 amide bonds. The van der Waals surface area contributed by atoms with E-state index in [1.54, 1.807) is 0 Å². The molecular weight excluding hydrogens is 382 g/mol. The molecule has 4 N–H and O–H groups in total. The first-order valence-corrected chi connectivity index (χ1v) is 8.72. The monoisotopic (exact) mass is 418 g/mol. The number of benzene rings is 1. The molecule has 0 unspecified atom stereocenters. The van der Waals surface area contributed by atoms with E-state index in [0.29, 0.717) is 6.42 Å². The maximum absolute atomic E-state index is 9.20. The van der Waals surface area contributed by atoms with Crippen molar-refractivity contribution in [1.29, 1.82) is 1.45 Å². The number of aryl methyl sites for hydroxylation is 2. The Bertz CT molecular complexity index is 403. The SMILES string of the molecule is CCCCCCCCc1ccc(CCC(N)(CO)CO)cc1.[3H]F.[Y]. The van der Waals surface area contributed by atoms with Gasteiger partial charge in [0.15, 0.2) is 0 Å². The van der Waals surface area contributed by atoms with E-state index >= 15 is 0 Å². The van der Waals surface area contributed by atoms with E-state index in [1.165, 1.54) is 49.7 Å². The fourth-order valence-electron chi connectivity index (χ4n) is 2.58. The Morgan fingerprint density at radius 1 is 0.917 bits per heavy atom. The molecule has 0 atom stereocenters. The Hall–Kier alpha value is 0.134. The van der Waals surface area contributed by atoms with Crippen LogP contribution >= 0.6 is 0 Å². The third-order valence-electron chi connectivity index (χ3n) is 4.38. The molecule has 1 aromatic carbocycles. The first-order valence-electron chi connectivity index (χ1n) is 9.10. The molecule has 1 aromatic rings. The number of hydrogen-bond acceptors (Lipinski definition) is 3. The summed E-state index contributed by atoms with van der Waals surface area (Å²) in [5, 5.41) is 18.4. The summed E-state index contributed by atoms with van der Waals surface area (Å²) in [5.74, 6) is 0. The number of aliphatic hydroxyl groups is 2. The van der Waals surface area contributed by atoms with Gasteiger partial charge in [0.1, 0.15) is 0 Å². The molecule has 0 spiro atoms. The topological polar surface area (TPSA) is 66.5 Å². The van der Waals surface area contributed by atoms with Gasteiger partial charge in [-0.2, -0.15) is 0 Å². The summed E-state index contributed by atoms with van der Waals surface area (Å²) in [6.07, 6.45) is 10.5. The fraction of sp³-hybridized carbons (Fsp3) is 0.684. The molecule has 0 saturated carbocycles. The van der Waals surface area contributed by atoms with Gasteiger partial charge in [0.25, 0.3) is 1.45 Å². The second kappa shape index (κ2) is 15.4. The minimum absolute atomic E-state index is 0. The molecular formula is C19H34FNO2Y. The van der Waals surface area contributed by atoms with E-state index in [4.69, 9.17) is 10.5 Å². The van der Waals surface area contributed by atoms with Crippen molar-refractivity contribution in [3.05, 3.63) is 35.4 Å². The van der Waals surface area contributed by atoms with Gasteiger partial charge in [0.05, 0.1) is 18.8 Å². The maximum Gasteiger partial charge on any atom is 0.269 e. The summed E-state index contributed by atoms with van der Waals surface area (Å²) in [6, 6.07) is 8.66. The van der Waals surface area contributed by atoms with Gasteiger partial charge in [-0.3, -0.25) is 4.72 Å². The molecule has 0 aliphatic heterocycles. The van der Waals surface area contributed by atoms with Crippen molar-refractivity contribution >= 4 is 0 Å². The van der Waals surface area contributed by atoms with Crippen LogP contribution in [0.25, 0.3) is 0 Å². The number of hydrogen-bond donors (Lipinski definition) is 3. The number of nitrogens with two attached hydrogens (primary N) is 1. The van der Waals surface area contributed by atoms with Crippen LogP contribution in [0.15, 0.2) is 24.3 Å². The summed E-state index contributed by atoms with van der Waals surface area (Å²) in [6.45, 7) is 1.89. The number of unbranched alkanes of at least 4 members (excludes halogenated alkanes) is 5. The van der Waals surface area contributed by atoms with E-state index < -0.39 is 5.54 Å². The second-order valence-corrected chi connectivity index (χ2v) is 6.51. The van der Waals surface area contributed by atoms with Crippen molar-refractivity contribution in [2.24, 2.45) is 5.73 Å². The quantitative estimate of drug-likeness (QED) is 0.456. The summed E-state index contributed by atoms with van der Waals surface area (Å²) < 4.78 is 13.0. The molecule has 0 saturated heterocycles. The van der Waals surface area contributed by atoms with Crippen molar-refractivity contribution in [3.8, 4) is 0 Å². The van der Waals surface area contributed by atoms with E-state index in [1.807, 2.05) is 0 Å². The van der Waals surface area contributed by atoms with Crippen LogP contribution in [-0.4, -0.2) is 30.4 Å². The molecule has 0 heterocycles. The van der Waals surface area contributed by atoms with E-state index in [2.05, 4.69) is 32.6 Å². The van der Waals surface area contributed by atoms with Crippen molar-refractivity contribution in [3.63, 3.8) is 0 Å². The Morgan fingerprint density at radius 3 is 1.88 bits per heavy atom. The zero-order chi connectivity index (χ0) is 18.3. The molecule has 137 valence electrons. The predicted octanol–water partition coefficient (Wildman–Crippen LogP) is 3.35. The third kappa shape index (κ3) is 10.9. The normalized spacial score (nSPS) is 11.1. The molecule has 1 radical (unpaired) electrons. The van der Waals surface area contributed by atoms with Crippen LogP contribution in [0.1, 0.15) is 63.0 Å². The molecule has 0 bridgehead atoms. The number of halogens is 1. The maximum atomic E-state index is 9.20. The minimum atomic E-state index is -0.864. The van der Waals surface area contributed by atoms with Gasteiger partial charge in [-0.1, -0.05) is 63.3 Å². The molecule has 1 rings (SSSR count). The van der Waals surface area contributed by atoms with Crippen LogP contribution < -0.4 is 5.73 Å². The Morgan fingerprint density at radius 2 is 1.38 bits per heavy atom. The zero-order valence-corrected chi connectivity index (χ0v) is 17.9. The van der Waals surface area contributed by atoms with E-state index in [0.717, 1.165) is 12.8 Å². The fourth-order valence-corrected chi connectivity index (χ4v) is 2.58. The van der Waals surface area contributed by atoms with Crippen molar-refractivity contribution in [1.82, 2.24) is 0 Å². The minimum Gasteiger partial charge on any atom is -0.394 e. The first-order chi connectivity index (χ1) is 11.6. The van der Waals surface area contributed by atoms with Crippen LogP contribution in [-0.2, 0) is 45.6 Å². The summed E-state index contributed by atoms with van der Waals surface area (Å²) in [5.41, 5.74) is 7.63. The first kappa shape index (κ1) is 24.1. The molecule has 5 heteroatoms. The molecule has 0 aromatic heterocycles. The summed E-state index contributed by atoms with van der Waals surface area (Å²) in [7, 11) is 0. The summed E-state index contributed by atoms with van der Waals surface area (Å²) >= 11 is 0. The third-order valence-corrected chi connectivity index (χ3v) is 4.38. The van der Waals surface area contributed by atoms with Crippen LogP contribution in [0.5, 0.6) is 0 Å². The van der Waals surface area contributed by atoms with Gasteiger partial charge in [-0.25, -0.2) is 0 Å². The number of aliphatic hydroxyl groups excluding tert-OH is 2. The summed E-state index contributed by atoms with van der Waals surface area (Å²) in [4.78, 5) is 0. The van der Waals surface area contributed by atoms with E-state index in [9.17, 15) is 10.2 Å². The van der Waals surface area contributed by atoms with Gasteiger partial charge < -0.3 is 15.9 Å². The smallest absolute Gasteiger partial charge is 0.269 e. The standard InChI is InChI=1S/C19H33NO2.FH.Y/c1-2-3-4-5-6-7-8-17-9-11-18(12-10-17)13-14-19(20,15-21)16-22;;/h9-12,21-22H,2-8,13-16,20H2,1H3;1H;/i/hT. The molecule has 0 fully saturated rings. The molecule has 0 aliphatic rings. The van der Waals surface area contributed by atoms with Crippen LogP contribution in [0.2, 0.25) is 0 Å².